The number of carbonyl (C=O) groups excluding carboxylic acids is 1. The number of thioether (sulfide) groups is 1. The second kappa shape index (κ2) is 7.98. The SMILES string of the molecule is CC(C)n1cnnc1SCC(=O)N(Cc1ccc(Cl)c(Cl)c1)C1CC1. The predicted molar refractivity (Wildman–Crippen MR) is 101 cm³/mol. The van der Waals surface area contributed by atoms with Gasteiger partial charge in [-0.15, -0.1) is 10.2 Å². The molecule has 2 aromatic rings. The number of amides is 1. The number of carbonyl (C=O) groups is 1. The summed E-state index contributed by atoms with van der Waals surface area (Å²) in [5, 5.41) is 9.86. The van der Waals surface area contributed by atoms with E-state index in [1.165, 1.54) is 11.8 Å². The van der Waals surface area contributed by atoms with Crippen molar-refractivity contribution in [1.82, 2.24) is 19.7 Å². The van der Waals surface area contributed by atoms with E-state index in [0.717, 1.165) is 23.6 Å². The molecule has 25 heavy (non-hydrogen) atoms. The van der Waals surface area contributed by atoms with Crippen LogP contribution in [0, 0.1) is 0 Å². The van der Waals surface area contributed by atoms with Gasteiger partial charge in [-0.1, -0.05) is 41.0 Å². The lowest BCUT2D eigenvalue weighted by atomic mass is 10.2. The number of hydrogen-bond acceptors (Lipinski definition) is 4. The molecule has 134 valence electrons. The monoisotopic (exact) mass is 398 g/mol. The zero-order chi connectivity index (χ0) is 18.0. The van der Waals surface area contributed by atoms with Crippen LogP contribution in [0.3, 0.4) is 0 Å². The first-order valence-corrected chi connectivity index (χ1v) is 9.95. The van der Waals surface area contributed by atoms with Crippen molar-refractivity contribution in [3.63, 3.8) is 0 Å². The fourth-order valence-corrected chi connectivity index (χ4v) is 3.79. The topological polar surface area (TPSA) is 51.0 Å². The molecule has 0 bridgehead atoms. The maximum atomic E-state index is 12.7. The average Bonchev–Trinajstić information content (AvgIpc) is 3.30. The molecule has 0 radical (unpaired) electrons. The maximum absolute atomic E-state index is 12.7. The van der Waals surface area contributed by atoms with E-state index in [1.807, 2.05) is 21.6 Å². The molecule has 5 nitrogen and oxygen atoms in total. The normalized spacial score (nSPS) is 14.1. The van der Waals surface area contributed by atoms with E-state index in [2.05, 4.69) is 24.0 Å². The minimum atomic E-state index is 0.108. The van der Waals surface area contributed by atoms with Gasteiger partial charge >= 0.3 is 0 Å². The minimum Gasteiger partial charge on any atom is -0.335 e. The van der Waals surface area contributed by atoms with Gasteiger partial charge in [-0.05, 0) is 44.4 Å². The molecule has 1 amide bonds. The van der Waals surface area contributed by atoms with Crippen molar-refractivity contribution < 1.29 is 4.79 Å². The Balaban J connectivity index is 1.65. The Morgan fingerprint density at radius 3 is 2.76 bits per heavy atom. The molecule has 0 atom stereocenters. The third-order valence-electron chi connectivity index (χ3n) is 4.07. The van der Waals surface area contributed by atoms with Gasteiger partial charge in [0, 0.05) is 18.6 Å². The Bertz CT molecular complexity index is 761. The summed E-state index contributed by atoms with van der Waals surface area (Å²) in [4.78, 5) is 14.7. The Morgan fingerprint density at radius 2 is 2.12 bits per heavy atom. The van der Waals surface area contributed by atoms with Crippen LogP contribution in [0.15, 0.2) is 29.7 Å². The molecular weight excluding hydrogens is 379 g/mol. The van der Waals surface area contributed by atoms with Gasteiger partial charge in [0.25, 0.3) is 0 Å². The number of nitrogens with zero attached hydrogens (tertiary/aromatic N) is 4. The maximum Gasteiger partial charge on any atom is 0.233 e. The van der Waals surface area contributed by atoms with Gasteiger partial charge in [-0.3, -0.25) is 4.79 Å². The highest BCUT2D eigenvalue weighted by molar-refractivity contribution is 7.99. The third kappa shape index (κ3) is 4.68. The highest BCUT2D eigenvalue weighted by Crippen LogP contribution is 2.31. The summed E-state index contributed by atoms with van der Waals surface area (Å²) >= 11 is 13.5. The second-order valence-corrected chi connectivity index (χ2v) is 8.16. The summed E-state index contributed by atoms with van der Waals surface area (Å²) in [6.45, 7) is 4.68. The van der Waals surface area contributed by atoms with Gasteiger partial charge in [-0.2, -0.15) is 0 Å². The molecule has 0 unspecified atom stereocenters. The van der Waals surface area contributed by atoms with Crippen LogP contribution in [-0.2, 0) is 11.3 Å². The van der Waals surface area contributed by atoms with Gasteiger partial charge in [0.05, 0.1) is 15.8 Å². The van der Waals surface area contributed by atoms with Crippen LogP contribution in [0.1, 0.15) is 38.3 Å². The predicted octanol–water partition coefficient (Wildman–Crippen LogP) is 4.45. The summed E-state index contributed by atoms with van der Waals surface area (Å²) in [5.41, 5.74) is 0.991. The second-order valence-electron chi connectivity index (χ2n) is 6.40. The Hall–Kier alpha value is -1.24. The lowest BCUT2D eigenvalue weighted by Crippen LogP contribution is -2.34. The highest BCUT2D eigenvalue weighted by Gasteiger charge is 2.32. The first-order chi connectivity index (χ1) is 12.0. The van der Waals surface area contributed by atoms with Crippen molar-refractivity contribution in [3.8, 4) is 0 Å². The van der Waals surface area contributed by atoms with E-state index >= 15 is 0 Å². The van der Waals surface area contributed by atoms with E-state index in [0.29, 0.717) is 28.4 Å². The largest absolute Gasteiger partial charge is 0.335 e. The number of aromatic nitrogens is 3. The molecule has 0 N–H and O–H groups in total. The lowest BCUT2D eigenvalue weighted by Gasteiger charge is -2.22. The van der Waals surface area contributed by atoms with Gasteiger partial charge in [0.2, 0.25) is 5.91 Å². The van der Waals surface area contributed by atoms with Crippen LogP contribution in [0.2, 0.25) is 10.0 Å². The summed E-state index contributed by atoms with van der Waals surface area (Å²) in [5.74, 6) is 0.459. The molecule has 1 fully saturated rings. The molecular formula is C17H20Cl2N4OS. The van der Waals surface area contributed by atoms with Gasteiger partial charge in [0.15, 0.2) is 5.16 Å². The first kappa shape index (κ1) is 18.5. The van der Waals surface area contributed by atoms with Crippen LogP contribution in [-0.4, -0.2) is 37.4 Å². The molecule has 1 aliphatic carbocycles. The van der Waals surface area contributed by atoms with E-state index in [-0.39, 0.29) is 11.9 Å². The molecule has 8 heteroatoms. The van der Waals surface area contributed by atoms with Crippen molar-refractivity contribution in [2.75, 3.05) is 5.75 Å². The number of benzene rings is 1. The van der Waals surface area contributed by atoms with E-state index in [1.54, 1.807) is 12.4 Å². The van der Waals surface area contributed by atoms with Crippen molar-refractivity contribution in [3.05, 3.63) is 40.1 Å². The third-order valence-corrected chi connectivity index (χ3v) is 5.75. The standard InChI is InChI=1S/C17H20Cl2N4OS/c1-11(2)23-10-20-21-17(23)25-9-16(24)22(13-4-5-13)8-12-3-6-14(18)15(19)7-12/h3,6-7,10-11,13H,4-5,8-9H2,1-2H3. The lowest BCUT2D eigenvalue weighted by molar-refractivity contribution is -0.129. The van der Waals surface area contributed by atoms with Crippen molar-refractivity contribution in [1.29, 1.82) is 0 Å². The molecule has 0 aliphatic heterocycles. The number of rotatable bonds is 7. The molecule has 1 aromatic carbocycles. The molecule has 1 saturated carbocycles. The van der Waals surface area contributed by atoms with Crippen LogP contribution in [0.4, 0.5) is 0 Å². The quantitative estimate of drug-likeness (QED) is 0.646. The molecule has 0 saturated heterocycles. The summed E-state index contributed by atoms with van der Waals surface area (Å²) < 4.78 is 1.97. The van der Waals surface area contributed by atoms with E-state index < -0.39 is 0 Å². The smallest absolute Gasteiger partial charge is 0.233 e. The molecule has 1 aromatic heterocycles. The summed E-state index contributed by atoms with van der Waals surface area (Å²) in [6.07, 6.45) is 3.81. The zero-order valence-electron chi connectivity index (χ0n) is 14.2. The van der Waals surface area contributed by atoms with Gasteiger partial charge in [-0.25, -0.2) is 0 Å². The molecule has 0 spiro atoms. The van der Waals surface area contributed by atoms with Crippen LogP contribution in [0.25, 0.3) is 0 Å². The Labute approximate surface area is 161 Å². The molecule has 1 heterocycles. The van der Waals surface area contributed by atoms with Crippen LogP contribution in [0.5, 0.6) is 0 Å². The summed E-state index contributed by atoms with van der Waals surface area (Å²) in [7, 11) is 0. The minimum absolute atomic E-state index is 0.108. The molecule has 1 aliphatic rings. The highest BCUT2D eigenvalue weighted by atomic mass is 35.5. The zero-order valence-corrected chi connectivity index (χ0v) is 16.5. The van der Waals surface area contributed by atoms with Gasteiger partial charge in [0.1, 0.15) is 6.33 Å². The Morgan fingerprint density at radius 1 is 1.36 bits per heavy atom. The van der Waals surface area contributed by atoms with Crippen molar-refractivity contribution in [2.45, 2.75) is 50.5 Å². The fourth-order valence-electron chi connectivity index (χ4n) is 2.54. The number of hydrogen-bond donors (Lipinski definition) is 0. The van der Waals surface area contributed by atoms with Crippen molar-refractivity contribution >= 4 is 40.9 Å². The van der Waals surface area contributed by atoms with Crippen LogP contribution < -0.4 is 0 Å². The van der Waals surface area contributed by atoms with Crippen LogP contribution >= 0.6 is 35.0 Å². The molecule has 3 rings (SSSR count). The first-order valence-electron chi connectivity index (χ1n) is 8.21. The fraction of sp³-hybridized carbons (Fsp3) is 0.471. The summed E-state index contributed by atoms with van der Waals surface area (Å²) in [6, 6.07) is 6.11. The van der Waals surface area contributed by atoms with E-state index in [9.17, 15) is 4.79 Å². The Kier molecular flexibility index (Phi) is 5.92. The van der Waals surface area contributed by atoms with Crippen molar-refractivity contribution in [2.24, 2.45) is 0 Å². The van der Waals surface area contributed by atoms with Gasteiger partial charge < -0.3 is 9.47 Å². The number of halogens is 2. The van der Waals surface area contributed by atoms with E-state index in [4.69, 9.17) is 23.2 Å². The average molecular weight is 399 g/mol.